The number of quaternary nitrogens is 1. The minimum absolute atomic E-state index is 0.0148. The molecule has 90 heavy (non-hydrogen) atoms. The number of nitrogens with one attached hydrogen (secondary N) is 3. The third-order valence-electron chi connectivity index (χ3n) is 14.4. The maximum atomic E-state index is 14.7. The molecule has 0 spiro atoms. The average Bonchev–Trinajstić information content (AvgIpc) is 0.749. The lowest BCUT2D eigenvalue weighted by molar-refractivity contribution is -0.911. The highest BCUT2D eigenvalue weighted by atomic mass is 32.2. The van der Waals surface area contributed by atoms with Crippen LogP contribution >= 0.6 is 23.1 Å². The van der Waals surface area contributed by atoms with Gasteiger partial charge < -0.3 is 62.4 Å². The van der Waals surface area contributed by atoms with Crippen LogP contribution in [0.5, 0.6) is 23.0 Å². The standard InChI is InChI=1S/C63H74N8O17S2/c1-62(2,3)86-50(73)30-48(58(77)84-34-39-15-21-43(81-9)22-16-39)88-68-51(45-37-90-60(65-45)67-61(79)87-63(4,5)6)55(75)66-52-56(76)70-53(59(78)85-35-40-17-23-44(82-10)24-18-40)41(36-89-57(52)70)32-71(26-11-12-27-71)28-25-64-54(74)46-29-47(72)49(31-69(46)7)83-33-38-13-19-42(80-8)20-14-38/h13-24,29,31,37,48,52,57H,11-12,25-28,30,32-36H2,1-10H3,(H2-,64,65,66,67,74,75,79)/p+1. The molecule has 2 aromatic heterocycles. The predicted octanol–water partition coefficient (Wildman–Crippen LogP) is 6.80. The Labute approximate surface area is 528 Å². The van der Waals surface area contributed by atoms with Gasteiger partial charge >= 0.3 is 24.0 Å². The molecule has 0 bridgehead atoms. The Morgan fingerprint density at radius 1 is 0.778 bits per heavy atom. The fourth-order valence-corrected chi connectivity index (χ4v) is 12.0. The molecule has 480 valence electrons. The first-order chi connectivity index (χ1) is 42.8. The van der Waals surface area contributed by atoms with Crippen molar-refractivity contribution in [3.8, 4) is 23.0 Å². The third-order valence-corrected chi connectivity index (χ3v) is 16.5. The van der Waals surface area contributed by atoms with Gasteiger partial charge in [-0.2, -0.15) is 0 Å². The summed E-state index contributed by atoms with van der Waals surface area (Å²) in [7, 11) is 6.26. The van der Waals surface area contributed by atoms with Crippen molar-refractivity contribution in [2.24, 2.45) is 12.2 Å². The highest BCUT2D eigenvalue weighted by Crippen LogP contribution is 2.42. The molecule has 2 saturated heterocycles. The lowest BCUT2D eigenvalue weighted by atomic mass is 10.0. The largest absolute Gasteiger partial charge is 0.497 e. The number of fused-ring (bicyclic) bond motifs is 1. The Balaban J connectivity index is 1.03. The summed E-state index contributed by atoms with van der Waals surface area (Å²) < 4.78 is 46.0. The van der Waals surface area contributed by atoms with E-state index >= 15 is 0 Å². The van der Waals surface area contributed by atoms with E-state index in [1.165, 1.54) is 53.1 Å². The van der Waals surface area contributed by atoms with Crippen molar-refractivity contribution in [3.63, 3.8) is 0 Å². The van der Waals surface area contributed by atoms with E-state index in [1.54, 1.807) is 116 Å². The molecule has 3 aliphatic rings. The van der Waals surface area contributed by atoms with Gasteiger partial charge in [0, 0.05) is 42.7 Å². The van der Waals surface area contributed by atoms with Crippen LogP contribution in [-0.4, -0.2) is 155 Å². The topological polar surface area (TPSA) is 289 Å². The van der Waals surface area contributed by atoms with Gasteiger partial charge in [-0.1, -0.05) is 41.6 Å². The highest BCUT2D eigenvalue weighted by Gasteiger charge is 2.56. The van der Waals surface area contributed by atoms with Crippen molar-refractivity contribution in [2.75, 3.05) is 65.1 Å². The number of methoxy groups -OCH3 is 3. The number of anilines is 1. The summed E-state index contributed by atoms with van der Waals surface area (Å²) in [4.78, 5) is 122. The van der Waals surface area contributed by atoms with E-state index in [2.05, 4.69) is 26.1 Å². The quantitative estimate of drug-likeness (QED) is 0.0128. The van der Waals surface area contributed by atoms with Crippen LogP contribution in [0.1, 0.15) is 93.7 Å². The number of likely N-dealkylation sites (tertiary alicyclic amines) is 1. The number of carbonyl (C=O) groups is 7. The Morgan fingerprint density at radius 2 is 1.36 bits per heavy atom. The summed E-state index contributed by atoms with van der Waals surface area (Å²) in [5.41, 5.74) is -0.207. The number of aryl methyl sites for hydroxylation is 1. The molecule has 5 heterocycles. The number of hydrogen-bond acceptors (Lipinski definition) is 21. The van der Waals surface area contributed by atoms with E-state index in [0.29, 0.717) is 64.6 Å². The van der Waals surface area contributed by atoms with Gasteiger partial charge in [-0.15, -0.1) is 23.1 Å². The minimum Gasteiger partial charge on any atom is -0.497 e. The first kappa shape index (κ1) is 67.0. The van der Waals surface area contributed by atoms with Crippen molar-refractivity contribution in [1.29, 1.82) is 0 Å². The normalized spacial score (nSPS) is 16.5. The summed E-state index contributed by atoms with van der Waals surface area (Å²) in [5.74, 6) is -2.64. The van der Waals surface area contributed by atoms with Crippen molar-refractivity contribution >= 4 is 75.7 Å². The summed E-state index contributed by atoms with van der Waals surface area (Å²) in [6.45, 7) is 12.0. The number of oxime groups is 1. The fourth-order valence-electron chi connectivity index (χ4n) is 9.95. The van der Waals surface area contributed by atoms with Gasteiger partial charge in [0.2, 0.25) is 11.5 Å². The number of pyridine rings is 1. The van der Waals surface area contributed by atoms with Crippen LogP contribution in [0, 0.1) is 0 Å². The molecule has 0 saturated carbocycles. The van der Waals surface area contributed by atoms with Crippen molar-refractivity contribution in [1.82, 2.24) is 25.1 Å². The smallest absolute Gasteiger partial charge is 0.413 e. The van der Waals surface area contributed by atoms with Crippen LogP contribution in [-0.2, 0) is 74.6 Å². The maximum Gasteiger partial charge on any atom is 0.413 e. The minimum atomic E-state index is -1.77. The molecule has 3 aromatic carbocycles. The Bertz CT molecular complexity index is 3550. The number of carbonyl (C=O) groups excluding carboxylic acids is 7. The van der Waals surface area contributed by atoms with Crippen molar-refractivity contribution in [3.05, 3.63) is 140 Å². The molecular formula is C63H75N8O17S2+. The number of nitrogens with zero attached hydrogens (tertiary/aromatic N) is 5. The molecule has 0 radical (unpaired) electrons. The Kier molecular flexibility index (Phi) is 22.0. The molecule has 0 aliphatic carbocycles. The van der Waals surface area contributed by atoms with Crippen LogP contribution < -0.4 is 40.3 Å². The Hall–Kier alpha value is -8.95. The zero-order valence-electron chi connectivity index (χ0n) is 51.9. The van der Waals surface area contributed by atoms with Gasteiger partial charge in [-0.05, 0) is 94.6 Å². The van der Waals surface area contributed by atoms with E-state index < -0.39 is 88.0 Å². The average molecular weight is 1280 g/mol. The van der Waals surface area contributed by atoms with Crippen LogP contribution in [0.4, 0.5) is 9.93 Å². The molecule has 27 heteroatoms. The molecule has 25 nitrogen and oxygen atoms in total. The number of benzene rings is 3. The van der Waals surface area contributed by atoms with E-state index in [-0.39, 0.29) is 60.1 Å². The molecule has 3 atom stereocenters. The number of thiazole rings is 1. The third kappa shape index (κ3) is 17.9. The van der Waals surface area contributed by atoms with Crippen LogP contribution in [0.3, 0.4) is 0 Å². The molecule has 3 aliphatic heterocycles. The maximum absolute atomic E-state index is 14.7. The lowest BCUT2D eigenvalue weighted by Gasteiger charge is -2.50. The predicted molar refractivity (Wildman–Crippen MR) is 332 cm³/mol. The zero-order valence-corrected chi connectivity index (χ0v) is 53.5. The van der Waals surface area contributed by atoms with E-state index in [0.717, 1.165) is 29.7 Å². The van der Waals surface area contributed by atoms with E-state index in [1.807, 2.05) is 12.1 Å². The van der Waals surface area contributed by atoms with E-state index in [4.69, 9.17) is 42.7 Å². The van der Waals surface area contributed by atoms with Gasteiger partial charge in [0.1, 0.15) is 83.3 Å². The molecule has 2 fully saturated rings. The van der Waals surface area contributed by atoms with Crippen LogP contribution in [0.2, 0.25) is 0 Å². The van der Waals surface area contributed by atoms with Gasteiger partial charge in [0.15, 0.2) is 16.6 Å². The monoisotopic (exact) mass is 1280 g/mol. The number of hydrogen-bond donors (Lipinski definition) is 3. The summed E-state index contributed by atoms with van der Waals surface area (Å²) >= 11 is 2.21. The zero-order chi connectivity index (χ0) is 64.9. The number of ether oxygens (including phenoxy) is 8. The number of esters is 3. The second-order valence-electron chi connectivity index (χ2n) is 23.5. The second kappa shape index (κ2) is 29.6. The van der Waals surface area contributed by atoms with Crippen molar-refractivity contribution < 1.29 is 80.8 Å². The number of rotatable bonds is 26. The van der Waals surface area contributed by atoms with Gasteiger partial charge in [0.25, 0.3) is 17.7 Å². The SMILES string of the molecule is COc1ccc(COC(=O)C2=C(C[N+]3(CCNC(=O)c4cc(=O)c(OCc5ccc(OC)cc5)cn4C)CCCC3)CSC3C(NC(=O)C(=NOC(CC(=O)OC(C)(C)C)C(=O)OCc4ccc(OC)cc4)c4csc(NC(=O)OC(C)(C)C)n4)C(=O)N23)cc1. The summed E-state index contributed by atoms with van der Waals surface area (Å²) in [6.07, 6.45) is -0.126. The molecule has 4 amide bonds. The van der Waals surface area contributed by atoms with Crippen LogP contribution in [0.15, 0.2) is 112 Å². The molecule has 5 aromatic rings. The van der Waals surface area contributed by atoms with Crippen LogP contribution in [0.25, 0.3) is 0 Å². The number of β-lactam (4-membered cyclic amide) rings is 1. The second-order valence-corrected chi connectivity index (χ2v) is 25.4. The fraction of sp³-hybridized carbons (Fsp3) is 0.429. The summed E-state index contributed by atoms with van der Waals surface area (Å²) in [6, 6.07) is 20.9. The van der Waals surface area contributed by atoms with Gasteiger partial charge in [-0.25, -0.2) is 19.4 Å². The Morgan fingerprint density at radius 3 is 1.93 bits per heavy atom. The molecule has 3 unspecified atom stereocenters. The highest BCUT2D eigenvalue weighted by molar-refractivity contribution is 8.00. The number of thioether (sulfide) groups is 1. The first-order valence-corrected chi connectivity index (χ1v) is 30.8. The van der Waals surface area contributed by atoms with E-state index in [9.17, 15) is 38.4 Å². The summed E-state index contributed by atoms with van der Waals surface area (Å²) in [5, 5.41) is 12.9. The molecular weight excluding hydrogens is 1200 g/mol. The number of amides is 4. The van der Waals surface area contributed by atoms with Gasteiger partial charge in [-0.3, -0.25) is 34.2 Å². The molecule has 3 N–H and O–H groups in total. The number of aromatic nitrogens is 2. The van der Waals surface area contributed by atoms with Gasteiger partial charge in [0.05, 0.1) is 60.1 Å². The lowest BCUT2D eigenvalue weighted by Crippen LogP contribution is -2.71. The van der Waals surface area contributed by atoms with Crippen molar-refractivity contribution in [2.45, 2.75) is 109 Å². The first-order valence-electron chi connectivity index (χ1n) is 28.9. The molecule has 8 rings (SSSR count).